The Hall–Kier alpha value is -0.510. The van der Waals surface area contributed by atoms with Crippen molar-refractivity contribution in [3.8, 4) is 0 Å². The van der Waals surface area contributed by atoms with Gasteiger partial charge < -0.3 is 4.90 Å². The van der Waals surface area contributed by atoms with Gasteiger partial charge in [0.25, 0.3) is 0 Å². The van der Waals surface area contributed by atoms with Gasteiger partial charge in [-0.15, -0.1) is 0 Å². The lowest BCUT2D eigenvalue weighted by Crippen LogP contribution is -2.50. The van der Waals surface area contributed by atoms with Gasteiger partial charge in [0, 0.05) is 44.7 Å². The van der Waals surface area contributed by atoms with E-state index in [-0.39, 0.29) is 0 Å². The van der Waals surface area contributed by atoms with E-state index in [9.17, 15) is 0 Å². The molecule has 0 spiro atoms. The van der Waals surface area contributed by atoms with Gasteiger partial charge in [-0.25, -0.2) is 0 Å². The normalized spacial score (nSPS) is 23.5. The highest BCUT2D eigenvalue weighted by molar-refractivity contribution is 7.80. The summed E-state index contributed by atoms with van der Waals surface area (Å²) in [7, 11) is 0. The van der Waals surface area contributed by atoms with Crippen molar-refractivity contribution >= 4 is 12.6 Å². The number of thiol groups is 1. The molecule has 2 aliphatic rings. The first-order chi connectivity index (χ1) is 10.4. The van der Waals surface area contributed by atoms with Crippen LogP contribution in [0.5, 0.6) is 0 Å². The predicted molar refractivity (Wildman–Crippen MR) is 93.3 cm³/mol. The maximum atomic E-state index is 4.58. The van der Waals surface area contributed by atoms with Crippen molar-refractivity contribution in [1.29, 1.82) is 0 Å². The summed E-state index contributed by atoms with van der Waals surface area (Å²) < 4.78 is 0. The fraction of sp³-hybridized carbons (Fsp3) is 0.667. The van der Waals surface area contributed by atoms with Crippen LogP contribution in [0, 0.1) is 0 Å². The zero-order valence-electron chi connectivity index (χ0n) is 13.0. The topological polar surface area (TPSA) is 6.48 Å². The molecule has 0 radical (unpaired) electrons. The smallest absolute Gasteiger partial charge is 0.0113 e. The summed E-state index contributed by atoms with van der Waals surface area (Å²) in [6.45, 7) is 6.14. The molecule has 1 aliphatic carbocycles. The van der Waals surface area contributed by atoms with E-state index < -0.39 is 0 Å². The molecule has 1 aromatic rings. The first-order valence-electron chi connectivity index (χ1n) is 8.49. The van der Waals surface area contributed by atoms with Crippen LogP contribution in [0.3, 0.4) is 0 Å². The molecule has 116 valence electrons. The van der Waals surface area contributed by atoms with Crippen molar-refractivity contribution in [3.63, 3.8) is 0 Å². The molecule has 1 unspecified atom stereocenters. The molecule has 1 heterocycles. The van der Waals surface area contributed by atoms with Crippen molar-refractivity contribution in [2.24, 2.45) is 0 Å². The Morgan fingerprint density at radius 3 is 2.29 bits per heavy atom. The molecule has 1 aliphatic heterocycles. The lowest BCUT2D eigenvalue weighted by molar-refractivity contribution is 0.0951. The van der Waals surface area contributed by atoms with E-state index in [1.165, 1.54) is 57.4 Å². The van der Waals surface area contributed by atoms with Crippen LogP contribution in [0.15, 0.2) is 30.3 Å². The van der Waals surface area contributed by atoms with Gasteiger partial charge in [0.15, 0.2) is 0 Å². The van der Waals surface area contributed by atoms with E-state index in [2.05, 4.69) is 52.8 Å². The highest BCUT2D eigenvalue weighted by Crippen LogP contribution is 2.25. The lowest BCUT2D eigenvalue weighted by atomic mass is 10.00. The average molecular weight is 305 g/mol. The molecule has 0 N–H and O–H groups in total. The summed E-state index contributed by atoms with van der Waals surface area (Å²) >= 11 is 4.58. The first-order valence-corrected chi connectivity index (χ1v) is 9.12. The minimum Gasteiger partial charge on any atom is -0.300 e. The van der Waals surface area contributed by atoms with Crippen LogP contribution in [-0.2, 0) is 0 Å². The van der Waals surface area contributed by atoms with Crippen molar-refractivity contribution in [2.45, 2.75) is 37.6 Å². The maximum Gasteiger partial charge on any atom is 0.0113 e. The van der Waals surface area contributed by atoms with E-state index >= 15 is 0 Å². The zero-order valence-corrected chi connectivity index (χ0v) is 13.8. The van der Waals surface area contributed by atoms with Crippen molar-refractivity contribution in [2.75, 3.05) is 38.5 Å². The Labute approximate surface area is 134 Å². The SMILES string of the molecule is SCC(CN1CCN(C2CCCC2)CC1)c1ccccc1. The van der Waals surface area contributed by atoms with Crippen LogP contribution >= 0.6 is 12.6 Å². The van der Waals surface area contributed by atoms with Crippen molar-refractivity contribution in [1.82, 2.24) is 9.80 Å². The number of hydrogen-bond donors (Lipinski definition) is 1. The number of hydrogen-bond acceptors (Lipinski definition) is 3. The number of nitrogens with zero attached hydrogens (tertiary/aromatic N) is 2. The molecule has 2 fully saturated rings. The van der Waals surface area contributed by atoms with Crippen LogP contribution < -0.4 is 0 Å². The second kappa shape index (κ2) is 7.66. The lowest BCUT2D eigenvalue weighted by Gasteiger charge is -2.39. The summed E-state index contributed by atoms with van der Waals surface area (Å²) in [5.41, 5.74) is 1.44. The fourth-order valence-electron chi connectivity index (χ4n) is 3.89. The predicted octanol–water partition coefficient (Wildman–Crippen LogP) is 3.26. The van der Waals surface area contributed by atoms with Crippen LogP contribution in [0.4, 0.5) is 0 Å². The largest absolute Gasteiger partial charge is 0.300 e. The van der Waals surface area contributed by atoms with Crippen LogP contribution in [0.1, 0.15) is 37.2 Å². The Balaban J connectivity index is 1.50. The highest BCUT2D eigenvalue weighted by Gasteiger charge is 2.26. The fourth-order valence-corrected chi connectivity index (χ4v) is 4.21. The van der Waals surface area contributed by atoms with E-state index in [0.29, 0.717) is 5.92 Å². The van der Waals surface area contributed by atoms with Crippen LogP contribution in [0.25, 0.3) is 0 Å². The van der Waals surface area contributed by atoms with E-state index in [1.54, 1.807) is 0 Å². The van der Waals surface area contributed by atoms with E-state index in [1.807, 2.05) is 0 Å². The van der Waals surface area contributed by atoms with Gasteiger partial charge in [-0.3, -0.25) is 4.90 Å². The van der Waals surface area contributed by atoms with E-state index in [4.69, 9.17) is 0 Å². The molecule has 1 saturated heterocycles. The third-order valence-corrected chi connectivity index (χ3v) is 5.66. The Kier molecular flexibility index (Phi) is 5.61. The molecule has 0 bridgehead atoms. The van der Waals surface area contributed by atoms with Gasteiger partial charge in [-0.2, -0.15) is 12.6 Å². The van der Waals surface area contributed by atoms with Gasteiger partial charge in [0.05, 0.1) is 0 Å². The summed E-state index contributed by atoms with van der Waals surface area (Å²) in [5.74, 6) is 1.50. The molecule has 0 aromatic heterocycles. The molecule has 3 heteroatoms. The van der Waals surface area contributed by atoms with Gasteiger partial charge >= 0.3 is 0 Å². The molecular formula is C18H28N2S. The highest BCUT2D eigenvalue weighted by atomic mass is 32.1. The van der Waals surface area contributed by atoms with Crippen molar-refractivity contribution < 1.29 is 0 Å². The second-order valence-electron chi connectivity index (χ2n) is 6.57. The quantitative estimate of drug-likeness (QED) is 0.834. The van der Waals surface area contributed by atoms with E-state index in [0.717, 1.165) is 18.3 Å². The second-order valence-corrected chi connectivity index (χ2v) is 6.93. The van der Waals surface area contributed by atoms with Crippen LogP contribution in [0.2, 0.25) is 0 Å². The number of benzene rings is 1. The molecule has 1 atom stereocenters. The monoisotopic (exact) mass is 304 g/mol. The van der Waals surface area contributed by atoms with Gasteiger partial charge in [-0.05, 0) is 24.2 Å². The van der Waals surface area contributed by atoms with Gasteiger partial charge in [-0.1, -0.05) is 43.2 Å². The maximum absolute atomic E-state index is 4.58. The summed E-state index contributed by atoms with van der Waals surface area (Å²) in [5, 5.41) is 0. The van der Waals surface area contributed by atoms with Gasteiger partial charge in [0.2, 0.25) is 0 Å². The minimum absolute atomic E-state index is 0.563. The summed E-state index contributed by atoms with van der Waals surface area (Å²) in [4.78, 5) is 5.38. The Morgan fingerprint density at radius 2 is 1.67 bits per heavy atom. The van der Waals surface area contributed by atoms with Gasteiger partial charge in [0.1, 0.15) is 0 Å². The third kappa shape index (κ3) is 4.02. The van der Waals surface area contributed by atoms with Crippen molar-refractivity contribution in [3.05, 3.63) is 35.9 Å². The number of piperazine rings is 1. The first kappa shape index (κ1) is 15.4. The standard InChI is InChI=1S/C18H28N2S/c21-15-17(16-6-2-1-3-7-16)14-19-10-12-20(13-11-19)18-8-4-5-9-18/h1-3,6-7,17-18,21H,4-5,8-15H2. The molecule has 0 amide bonds. The zero-order chi connectivity index (χ0) is 14.5. The third-order valence-electron chi connectivity index (χ3n) is 5.22. The molecule has 3 rings (SSSR count). The minimum atomic E-state index is 0.563. The summed E-state index contributed by atoms with van der Waals surface area (Å²) in [6, 6.07) is 11.8. The Bertz CT molecular complexity index is 408. The molecule has 2 nitrogen and oxygen atoms in total. The molecular weight excluding hydrogens is 276 g/mol. The molecule has 1 aromatic carbocycles. The molecule has 1 saturated carbocycles. The Morgan fingerprint density at radius 1 is 1.00 bits per heavy atom. The summed E-state index contributed by atoms with van der Waals surface area (Å²) in [6.07, 6.45) is 5.76. The number of rotatable bonds is 5. The van der Waals surface area contributed by atoms with Crippen LogP contribution in [-0.4, -0.2) is 54.3 Å². The average Bonchev–Trinajstić information content (AvgIpc) is 3.08. The molecule has 21 heavy (non-hydrogen) atoms.